The van der Waals surface area contributed by atoms with E-state index in [4.69, 9.17) is 42.5 Å². The van der Waals surface area contributed by atoms with Crippen molar-refractivity contribution in [2.45, 2.75) is 103 Å². The summed E-state index contributed by atoms with van der Waals surface area (Å²) in [6.07, 6.45) is 11.6. The maximum Gasteiger partial charge on any atom is 0.490 e. The molecule has 0 N–H and O–H groups in total. The third kappa shape index (κ3) is 12.1. The van der Waals surface area contributed by atoms with Gasteiger partial charge >= 0.3 is 19.1 Å². The standard InChI is InChI=1S/C18H22O5.C13H15BrO4.C11H19BO3/c1-20-18(19)14-5-6-16(23-17-4-2-3-9-22-17)15(12-14)13-7-10-21-11-8-13;1-16-13(15)9-5-6-11(10(14)8-9)18-12-4-2-3-7-17-12;1-10(2)11(3,4)15-12(14-10)9-5-7-13-8-6-9/h5-7,12,17H,2-4,8-11H2,1H3;5-6,8,12H,2-4,7H2,1H3;5H,6-8H2,1-4H3. The number of rotatable bonds is 8. The van der Waals surface area contributed by atoms with E-state index >= 15 is 0 Å². The van der Waals surface area contributed by atoms with E-state index in [9.17, 15) is 9.59 Å². The summed E-state index contributed by atoms with van der Waals surface area (Å²) < 4.78 is 55.7. The monoisotopic (exact) mass is 842 g/mol. The van der Waals surface area contributed by atoms with Gasteiger partial charge in [-0.3, -0.25) is 0 Å². The molecule has 5 heterocycles. The Kier molecular flexibility index (Phi) is 16.4. The van der Waals surface area contributed by atoms with E-state index < -0.39 is 0 Å². The first kappa shape index (κ1) is 43.9. The van der Waals surface area contributed by atoms with Gasteiger partial charge in [-0.05, 0) is 130 Å². The van der Waals surface area contributed by atoms with Crippen molar-refractivity contribution in [2.24, 2.45) is 0 Å². The van der Waals surface area contributed by atoms with Gasteiger partial charge < -0.3 is 47.2 Å². The van der Waals surface area contributed by atoms with Crippen LogP contribution in [-0.4, -0.2) is 96.7 Å². The van der Waals surface area contributed by atoms with Gasteiger partial charge in [0.05, 0.1) is 80.7 Å². The molecule has 12 nitrogen and oxygen atoms in total. The molecule has 0 saturated carbocycles. The van der Waals surface area contributed by atoms with Crippen LogP contribution >= 0.6 is 15.9 Å². The van der Waals surface area contributed by atoms with Crippen LogP contribution in [0, 0.1) is 0 Å². The highest BCUT2D eigenvalue weighted by atomic mass is 79.9. The number of esters is 2. The summed E-state index contributed by atoms with van der Waals surface area (Å²) in [6.45, 7) is 12.5. The fourth-order valence-electron chi connectivity index (χ4n) is 6.38. The highest BCUT2D eigenvalue weighted by molar-refractivity contribution is 9.10. The van der Waals surface area contributed by atoms with E-state index in [1.807, 2.05) is 18.2 Å². The van der Waals surface area contributed by atoms with Gasteiger partial charge in [-0.2, -0.15) is 0 Å². The molecule has 0 aliphatic carbocycles. The molecule has 2 aromatic rings. The van der Waals surface area contributed by atoms with Crippen LogP contribution in [-0.2, 0) is 37.7 Å². The zero-order valence-electron chi connectivity index (χ0n) is 33.5. The third-order valence-electron chi connectivity index (χ3n) is 10.4. The van der Waals surface area contributed by atoms with Gasteiger partial charge in [0.25, 0.3) is 0 Å². The van der Waals surface area contributed by atoms with Gasteiger partial charge in [-0.1, -0.05) is 12.2 Å². The maximum atomic E-state index is 11.8. The van der Waals surface area contributed by atoms with Crippen LogP contribution in [0.25, 0.3) is 5.57 Å². The minimum atomic E-state index is -0.365. The molecule has 0 radical (unpaired) electrons. The lowest BCUT2D eigenvalue weighted by Crippen LogP contribution is -2.41. The minimum absolute atomic E-state index is 0.182. The van der Waals surface area contributed by atoms with Gasteiger partial charge in [0.15, 0.2) is 12.6 Å². The van der Waals surface area contributed by atoms with Crippen LogP contribution in [0.1, 0.15) is 105 Å². The van der Waals surface area contributed by atoms with E-state index in [2.05, 4.69) is 54.4 Å². The summed E-state index contributed by atoms with van der Waals surface area (Å²) in [5.41, 5.74) is 3.80. The first-order valence-electron chi connectivity index (χ1n) is 19.5. The lowest BCUT2D eigenvalue weighted by atomic mass is 9.75. The zero-order chi connectivity index (χ0) is 40.1. The summed E-state index contributed by atoms with van der Waals surface area (Å²) in [5, 5.41) is 0. The Bertz CT molecular complexity index is 1660. The molecule has 56 heavy (non-hydrogen) atoms. The summed E-state index contributed by atoms with van der Waals surface area (Å²) in [4.78, 5) is 23.2. The van der Waals surface area contributed by atoms with Gasteiger partial charge in [0.1, 0.15) is 11.5 Å². The quantitative estimate of drug-likeness (QED) is 0.188. The van der Waals surface area contributed by atoms with Crippen molar-refractivity contribution in [3.8, 4) is 11.5 Å². The van der Waals surface area contributed by atoms with Crippen molar-refractivity contribution in [3.05, 3.63) is 75.2 Å². The lowest BCUT2D eigenvalue weighted by molar-refractivity contribution is -0.106. The highest BCUT2D eigenvalue weighted by Crippen LogP contribution is 2.39. The molecule has 0 aromatic heterocycles. The lowest BCUT2D eigenvalue weighted by Gasteiger charge is -2.32. The first-order valence-corrected chi connectivity index (χ1v) is 20.3. The average Bonchev–Trinajstić information content (AvgIpc) is 3.45. The van der Waals surface area contributed by atoms with E-state index in [1.165, 1.54) is 19.7 Å². The van der Waals surface area contributed by atoms with Crippen LogP contribution in [0.2, 0.25) is 0 Å². The van der Waals surface area contributed by atoms with E-state index in [1.54, 1.807) is 24.3 Å². The summed E-state index contributed by atoms with van der Waals surface area (Å²) in [6, 6.07) is 10.5. The molecule has 2 atom stereocenters. The molecule has 0 bridgehead atoms. The average molecular weight is 844 g/mol. The van der Waals surface area contributed by atoms with Crippen molar-refractivity contribution >= 4 is 40.6 Å². The summed E-state index contributed by atoms with van der Waals surface area (Å²) in [7, 11) is 2.56. The Morgan fingerprint density at radius 3 is 1.71 bits per heavy atom. The van der Waals surface area contributed by atoms with Gasteiger partial charge in [-0.25, -0.2) is 9.59 Å². The number of hydrogen-bond acceptors (Lipinski definition) is 12. The molecule has 2 unspecified atom stereocenters. The van der Waals surface area contributed by atoms with Crippen molar-refractivity contribution in [1.29, 1.82) is 0 Å². The molecule has 7 rings (SSSR count). The molecule has 14 heteroatoms. The molecule has 0 amide bonds. The number of carbonyl (C=O) groups excluding carboxylic acids is 2. The van der Waals surface area contributed by atoms with Gasteiger partial charge in [0, 0.05) is 18.4 Å². The van der Waals surface area contributed by atoms with Crippen molar-refractivity contribution < 1.29 is 56.8 Å². The summed E-state index contributed by atoms with van der Waals surface area (Å²) >= 11 is 3.38. The molecule has 5 aliphatic rings. The van der Waals surface area contributed by atoms with E-state index in [0.717, 1.165) is 92.5 Å². The Morgan fingerprint density at radius 2 is 1.23 bits per heavy atom. The fourth-order valence-corrected chi connectivity index (χ4v) is 6.86. The predicted octanol–water partition coefficient (Wildman–Crippen LogP) is 8.29. The van der Waals surface area contributed by atoms with Crippen LogP contribution < -0.4 is 9.47 Å². The molecule has 2 aromatic carbocycles. The molecule has 5 aliphatic heterocycles. The van der Waals surface area contributed by atoms with Crippen LogP contribution in [0.5, 0.6) is 11.5 Å². The Morgan fingerprint density at radius 1 is 0.696 bits per heavy atom. The van der Waals surface area contributed by atoms with Crippen LogP contribution in [0.4, 0.5) is 0 Å². The van der Waals surface area contributed by atoms with Crippen molar-refractivity contribution in [3.63, 3.8) is 0 Å². The topological polar surface area (TPSA) is 126 Å². The normalized spacial score (nSPS) is 22.8. The highest BCUT2D eigenvalue weighted by Gasteiger charge is 2.52. The number of benzene rings is 2. The third-order valence-corrected chi connectivity index (χ3v) is 11.0. The van der Waals surface area contributed by atoms with Crippen LogP contribution in [0.15, 0.2) is 58.5 Å². The summed E-state index contributed by atoms with van der Waals surface area (Å²) in [5.74, 6) is 0.711. The van der Waals surface area contributed by atoms with Crippen molar-refractivity contribution in [2.75, 3.05) is 53.9 Å². The second-order valence-electron chi connectivity index (χ2n) is 14.9. The second-order valence-corrected chi connectivity index (χ2v) is 15.8. The number of hydrogen-bond donors (Lipinski definition) is 0. The molecule has 3 fully saturated rings. The van der Waals surface area contributed by atoms with E-state index in [-0.39, 0.29) is 42.8 Å². The number of methoxy groups -OCH3 is 2. The van der Waals surface area contributed by atoms with Crippen LogP contribution in [0.3, 0.4) is 0 Å². The largest absolute Gasteiger partial charge is 0.490 e. The number of carbonyl (C=O) groups is 2. The number of halogens is 1. The first-order chi connectivity index (χ1) is 26.9. The minimum Gasteiger partial charge on any atom is -0.465 e. The van der Waals surface area contributed by atoms with Crippen molar-refractivity contribution in [1.82, 2.24) is 0 Å². The molecular formula is C42H56BBrO12. The SMILES string of the molecule is CC1(C)OB(C2=CCOCC2)OC1(C)C.COC(=O)c1ccc(OC2CCCCO2)c(Br)c1.COC(=O)c1ccc(OC2CCCCO2)c(C2=CCOCC2)c1. The molecule has 306 valence electrons. The predicted molar refractivity (Wildman–Crippen MR) is 215 cm³/mol. The maximum absolute atomic E-state index is 11.8. The smallest absolute Gasteiger partial charge is 0.465 e. The van der Waals surface area contributed by atoms with Gasteiger partial charge in [0.2, 0.25) is 0 Å². The Balaban J connectivity index is 0.000000165. The van der Waals surface area contributed by atoms with E-state index in [0.29, 0.717) is 36.7 Å². The second kappa shape index (κ2) is 21.0. The van der Waals surface area contributed by atoms with Gasteiger partial charge in [-0.15, -0.1) is 0 Å². The zero-order valence-corrected chi connectivity index (χ0v) is 35.1. The molecule has 3 saturated heterocycles. The number of ether oxygens (including phenoxy) is 8. The Labute approximate surface area is 339 Å². The molecular weight excluding hydrogens is 787 g/mol. The Hall–Kier alpha value is -3.24. The fraction of sp³-hybridized carbons (Fsp3) is 0.571. The molecule has 0 spiro atoms.